The molecule has 0 fully saturated rings. The van der Waals surface area contributed by atoms with Gasteiger partial charge in [0, 0.05) is 6.42 Å². The minimum Gasteiger partial charge on any atom is -0.469 e. The number of rotatable bonds is 7. The molecular weight excluding hydrogens is 200 g/mol. The molecule has 0 aromatic carbocycles. The van der Waals surface area contributed by atoms with Gasteiger partial charge in [-0.3, -0.25) is 4.79 Å². The Hall–Kier alpha value is -1.05. The van der Waals surface area contributed by atoms with Gasteiger partial charge in [-0.05, 0) is 32.6 Å². The largest absolute Gasteiger partial charge is 0.469 e. The number of hydrogen-bond acceptors (Lipinski definition) is 2. The third-order valence-corrected chi connectivity index (χ3v) is 2.76. The van der Waals surface area contributed by atoms with Crippen LogP contribution in [0.25, 0.3) is 0 Å². The van der Waals surface area contributed by atoms with Crippen molar-refractivity contribution in [3.8, 4) is 0 Å². The number of esters is 1. The fourth-order valence-corrected chi connectivity index (χ4v) is 1.49. The lowest BCUT2D eigenvalue weighted by Crippen LogP contribution is -2.01. The number of ether oxygens (including phenoxy) is 1. The molecule has 0 aliphatic rings. The zero-order chi connectivity index (χ0) is 12.4. The van der Waals surface area contributed by atoms with Crippen LogP contribution in [0.4, 0.5) is 0 Å². The van der Waals surface area contributed by atoms with Crippen molar-refractivity contribution in [2.45, 2.75) is 52.9 Å². The molecule has 0 radical (unpaired) electrons. The van der Waals surface area contributed by atoms with E-state index in [1.165, 1.54) is 18.3 Å². The molecule has 2 nitrogen and oxygen atoms in total. The second kappa shape index (κ2) is 9.20. The molecule has 0 aliphatic carbocycles. The quantitative estimate of drug-likeness (QED) is 0.482. The lowest BCUT2D eigenvalue weighted by molar-refractivity contribution is -0.140. The molecule has 16 heavy (non-hydrogen) atoms. The molecule has 0 heterocycles. The fraction of sp³-hybridized carbons (Fsp3) is 0.643. The molecule has 0 amide bonds. The fourth-order valence-electron chi connectivity index (χ4n) is 1.49. The Morgan fingerprint density at radius 1 is 1.19 bits per heavy atom. The van der Waals surface area contributed by atoms with E-state index in [1.807, 2.05) is 0 Å². The summed E-state index contributed by atoms with van der Waals surface area (Å²) in [5.41, 5.74) is 2.77. The van der Waals surface area contributed by atoms with E-state index in [2.05, 4.69) is 37.7 Å². The molecule has 0 bridgehead atoms. The van der Waals surface area contributed by atoms with Crippen LogP contribution < -0.4 is 0 Å². The third-order valence-electron chi connectivity index (χ3n) is 2.76. The van der Waals surface area contributed by atoms with Crippen LogP contribution in [0.5, 0.6) is 0 Å². The summed E-state index contributed by atoms with van der Waals surface area (Å²) in [7, 11) is 1.44. The summed E-state index contributed by atoms with van der Waals surface area (Å²) in [6, 6.07) is 0. The molecule has 0 unspecified atom stereocenters. The molecule has 0 atom stereocenters. The molecule has 0 rings (SSSR count). The average molecular weight is 224 g/mol. The summed E-state index contributed by atoms with van der Waals surface area (Å²) in [4.78, 5) is 11.1. The second-order valence-electron chi connectivity index (χ2n) is 3.90. The van der Waals surface area contributed by atoms with Crippen molar-refractivity contribution in [3.05, 3.63) is 23.3 Å². The SMILES string of the molecule is CC/C=C\C/C(CCC(=O)OC)=C(/C)CC. The minimum absolute atomic E-state index is 0.124. The van der Waals surface area contributed by atoms with Crippen LogP contribution >= 0.6 is 0 Å². The Kier molecular flexibility index (Phi) is 8.59. The van der Waals surface area contributed by atoms with E-state index in [0.29, 0.717) is 6.42 Å². The van der Waals surface area contributed by atoms with Crippen molar-refractivity contribution in [2.75, 3.05) is 7.11 Å². The van der Waals surface area contributed by atoms with Crippen LogP contribution in [0.3, 0.4) is 0 Å². The standard InChI is InChI=1S/C14H24O2/c1-5-7-8-9-13(12(3)6-2)10-11-14(15)16-4/h7-8H,5-6,9-11H2,1-4H3/b8-7-,13-12+. The maximum Gasteiger partial charge on any atom is 0.305 e. The van der Waals surface area contributed by atoms with Gasteiger partial charge in [-0.25, -0.2) is 0 Å². The smallest absolute Gasteiger partial charge is 0.305 e. The van der Waals surface area contributed by atoms with Gasteiger partial charge in [-0.2, -0.15) is 0 Å². The first kappa shape index (κ1) is 14.9. The summed E-state index contributed by atoms with van der Waals surface area (Å²) in [6.07, 6.45) is 8.74. The first-order chi connectivity index (χ1) is 7.65. The summed E-state index contributed by atoms with van der Waals surface area (Å²) >= 11 is 0. The van der Waals surface area contributed by atoms with Crippen LogP contribution in [-0.4, -0.2) is 13.1 Å². The third kappa shape index (κ3) is 6.44. The maximum absolute atomic E-state index is 11.1. The Bertz CT molecular complexity index is 262. The lowest BCUT2D eigenvalue weighted by atomic mass is 9.99. The number of methoxy groups -OCH3 is 1. The van der Waals surface area contributed by atoms with Gasteiger partial charge in [0.05, 0.1) is 7.11 Å². The van der Waals surface area contributed by atoms with Gasteiger partial charge < -0.3 is 4.74 Å². The van der Waals surface area contributed by atoms with Gasteiger partial charge in [0.15, 0.2) is 0 Å². The van der Waals surface area contributed by atoms with Crippen LogP contribution in [0.1, 0.15) is 52.9 Å². The summed E-state index contributed by atoms with van der Waals surface area (Å²) in [5.74, 6) is -0.124. The highest BCUT2D eigenvalue weighted by Crippen LogP contribution is 2.18. The Labute approximate surface area is 99.4 Å². The summed E-state index contributed by atoms with van der Waals surface area (Å²) in [6.45, 7) is 6.42. The second-order valence-corrected chi connectivity index (χ2v) is 3.90. The lowest BCUT2D eigenvalue weighted by Gasteiger charge is -2.08. The molecule has 0 saturated carbocycles. The zero-order valence-electron chi connectivity index (χ0n) is 11.0. The predicted molar refractivity (Wildman–Crippen MR) is 68.3 cm³/mol. The molecule has 0 saturated heterocycles. The van der Waals surface area contributed by atoms with Crippen LogP contribution in [-0.2, 0) is 9.53 Å². The van der Waals surface area contributed by atoms with Gasteiger partial charge in [0.2, 0.25) is 0 Å². The Morgan fingerprint density at radius 2 is 1.88 bits per heavy atom. The van der Waals surface area contributed by atoms with Crippen LogP contribution in [0.15, 0.2) is 23.3 Å². The van der Waals surface area contributed by atoms with E-state index in [0.717, 1.165) is 25.7 Å². The van der Waals surface area contributed by atoms with Gasteiger partial charge in [-0.1, -0.05) is 37.1 Å². The average Bonchev–Trinajstić information content (AvgIpc) is 2.32. The van der Waals surface area contributed by atoms with Crippen LogP contribution in [0, 0.1) is 0 Å². The van der Waals surface area contributed by atoms with Gasteiger partial charge >= 0.3 is 5.97 Å². The molecule has 0 aromatic heterocycles. The van der Waals surface area contributed by atoms with Gasteiger partial charge in [0.1, 0.15) is 0 Å². The predicted octanol–water partition coefficient (Wildman–Crippen LogP) is 4.02. The molecule has 2 heteroatoms. The summed E-state index contributed by atoms with van der Waals surface area (Å²) in [5, 5.41) is 0. The highest BCUT2D eigenvalue weighted by atomic mass is 16.5. The van der Waals surface area contributed by atoms with Crippen LogP contribution in [0.2, 0.25) is 0 Å². The van der Waals surface area contributed by atoms with E-state index in [1.54, 1.807) is 0 Å². The van der Waals surface area contributed by atoms with E-state index in [-0.39, 0.29) is 5.97 Å². The number of carbonyl (C=O) groups excluding carboxylic acids is 1. The first-order valence-electron chi connectivity index (χ1n) is 6.04. The van der Waals surface area contributed by atoms with Crippen molar-refractivity contribution in [1.29, 1.82) is 0 Å². The van der Waals surface area contributed by atoms with Crippen molar-refractivity contribution in [3.63, 3.8) is 0 Å². The van der Waals surface area contributed by atoms with Crippen molar-refractivity contribution < 1.29 is 9.53 Å². The first-order valence-corrected chi connectivity index (χ1v) is 6.04. The Morgan fingerprint density at radius 3 is 2.38 bits per heavy atom. The molecule has 0 N–H and O–H groups in total. The maximum atomic E-state index is 11.1. The topological polar surface area (TPSA) is 26.3 Å². The molecule has 92 valence electrons. The van der Waals surface area contributed by atoms with Gasteiger partial charge in [-0.15, -0.1) is 0 Å². The van der Waals surface area contributed by atoms with E-state index in [9.17, 15) is 4.79 Å². The highest BCUT2D eigenvalue weighted by molar-refractivity contribution is 5.69. The monoisotopic (exact) mass is 224 g/mol. The number of allylic oxidation sites excluding steroid dienone is 4. The highest BCUT2D eigenvalue weighted by Gasteiger charge is 2.05. The number of carbonyl (C=O) groups is 1. The zero-order valence-corrected chi connectivity index (χ0v) is 11.0. The minimum atomic E-state index is -0.124. The Balaban J connectivity index is 4.34. The van der Waals surface area contributed by atoms with Gasteiger partial charge in [0.25, 0.3) is 0 Å². The van der Waals surface area contributed by atoms with E-state index >= 15 is 0 Å². The van der Waals surface area contributed by atoms with Crippen molar-refractivity contribution in [2.24, 2.45) is 0 Å². The molecular formula is C14H24O2. The van der Waals surface area contributed by atoms with E-state index < -0.39 is 0 Å². The van der Waals surface area contributed by atoms with E-state index in [4.69, 9.17) is 0 Å². The summed E-state index contributed by atoms with van der Waals surface area (Å²) < 4.78 is 4.66. The number of hydrogen-bond donors (Lipinski definition) is 0. The molecule has 0 aromatic rings. The molecule has 0 spiro atoms. The van der Waals surface area contributed by atoms with Crippen molar-refractivity contribution in [1.82, 2.24) is 0 Å². The normalized spacial score (nSPS) is 12.8. The van der Waals surface area contributed by atoms with Crippen molar-refractivity contribution >= 4 is 5.97 Å². The molecule has 0 aliphatic heterocycles.